The SMILES string of the molecule is CCN1CCC[C@H]1CNCCCC1CC1. The molecule has 2 heteroatoms. The van der Waals surface area contributed by atoms with Crippen LogP contribution in [0.5, 0.6) is 0 Å². The van der Waals surface area contributed by atoms with Crippen molar-refractivity contribution in [2.45, 2.75) is 51.5 Å². The first kappa shape index (κ1) is 11.4. The maximum Gasteiger partial charge on any atom is 0.0220 e. The Kier molecular flexibility index (Phi) is 4.45. The molecule has 2 rings (SSSR count). The Morgan fingerprint density at radius 2 is 2.13 bits per heavy atom. The normalized spacial score (nSPS) is 27.4. The molecule has 0 unspecified atom stereocenters. The zero-order valence-electron chi connectivity index (χ0n) is 10.2. The lowest BCUT2D eigenvalue weighted by Crippen LogP contribution is -2.38. The predicted molar refractivity (Wildman–Crippen MR) is 65.1 cm³/mol. The Bertz CT molecular complexity index is 177. The summed E-state index contributed by atoms with van der Waals surface area (Å²) in [5.41, 5.74) is 0. The highest BCUT2D eigenvalue weighted by molar-refractivity contribution is 4.80. The van der Waals surface area contributed by atoms with Gasteiger partial charge < -0.3 is 5.32 Å². The average molecular weight is 210 g/mol. The highest BCUT2D eigenvalue weighted by Crippen LogP contribution is 2.33. The van der Waals surface area contributed by atoms with E-state index in [1.165, 1.54) is 64.7 Å². The molecule has 2 aliphatic rings. The summed E-state index contributed by atoms with van der Waals surface area (Å²) in [7, 11) is 0. The summed E-state index contributed by atoms with van der Waals surface area (Å²) in [4.78, 5) is 2.62. The molecular formula is C13H26N2. The Hall–Kier alpha value is -0.0800. The average Bonchev–Trinajstić information content (AvgIpc) is 2.96. The molecule has 0 spiro atoms. The largest absolute Gasteiger partial charge is 0.315 e. The van der Waals surface area contributed by atoms with Crippen LogP contribution in [0.4, 0.5) is 0 Å². The van der Waals surface area contributed by atoms with Gasteiger partial charge in [-0.05, 0) is 51.2 Å². The minimum atomic E-state index is 0.830. The summed E-state index contributed by atoms with van der Waals surface area (Å²) in [6.45, 7) is 7.30. The van der Waals surface area contributed by atoms with Gasteiger partial charge in [-0.3, -0.25) is 4.90 Å². The van der Waals surface area contributed by atoms with Gasteiger partial charge in [0.25, 0.3) is 0 Å². The number of hydrogen-bond acceptors (Lipinski definition) is 2. The molecule has 1 saturated heterocycles. The van der Waals surface area contributed by atoms with Crippen molar-refractivity contribution in [1.29, 1.82) is 0 Å². The van der Waals surface area contributed by atoms with E-state index in [2.05, 4.69) is 17.1 Å². The topological polar surface area (TPSA) is 15.3 Å². The third-order valence-corrected chi connectivity index (χ3v) is 3.95. The second-order valence-electron chi connectivity index (χ2n) is 5.21. The molecule has 0 amide bonds. The van der Waals surface area contributed by atoms with E-state index in [1.54, 1.807) is 0 Å². The molecule has 1 N–H and O–H groups in total. The van der Waals surface area contributed by atoms with E-state index in [-0.39, 0.29) is 0 Å². The molecule has 2 fully saturated rings. The third-order valence-electron chi connectivity index (χ3n) is 3.95. The molecule has 0 aromatic rings. The minimum absolute atomic E-state index is 0.830. The van der Waals surface area contributed by atoms with Gasteiger partial charge >= 0.3 is 0 Å². The molecule has 1 saturated carbocycles. The molecule has 1 atom stereocenters. The van der Waals surface area contributed by atoms with Crippen molar-refractivity contribution < 1.29 is 0 Å². The summed E-state index contributed by atoms with van der Waals surface area (Å²) in [5.74, 6) is 1.10. The van der Waals surface area contributed by atoms with Gasteiger partial charge in [-0.1, -0.05) is 19.8 Å². The maximum absolute atomic E-state index is 3.63. The number of nitrogens with one attached hydrogen (secondary N) is 1. The fourth-order valence-electron chi connectivity index (χ4n) is 2.73. The van der Waals surface area contributed by atoms with Gasteiger partial charge in [-0.2, -0.15) is 0 Å². The van der Waals surface area contributed by atoms with Gasteiger partial charge in [0.1, 0.15) is 0 Å². The number of rotatable bonds is 7. The molecule has 88 valence electrons. The second kappa shape index (κ2) is 5.86. The standard InChI is InChI=1S/C13H26N2/c1-2-15-10-4-6-13(15)11-14-9-3-5-12-7-8-12/h12-14H,2-11H2,1H3/t13-/m0/s1. The summed E-state index contributed by atoms with van der Waals surface area (Å²) in [6.07, 6.45) is 8.68. The molecule has 0 aromatic heterocycles. The highest BCUT2D eigenvalue weighted by Gasteiger charge is 2.22. The van der Waals surface area contributed by atoms with Crippen molar-refractivity contribution in [1.82, 2.24) is 10.2 Å². The van der Waals surface area contributed by atoms with Crippen LogP contribution >= 0.6 is 0 Å². The summed E-state index contributed by atoms with van der Waals surface area (Å²) in [6, 6.07) is 0.830. The van der Waals surface area contributed by atoms with Crippen molar-refractivity contribution in [3.8, 4) is 0 Å². The Morgan fingerprint density at radius 3 is 2.87 bits per heavy atom. The lowest BCUT2D eigenvalue weighted by atomic mass is 10.2. The van der Waals surface area contributed by atoms with Crippen LogP contribution in [0, 0.1) is 5.92 Å². The molecule has 15 heavy (non-hydrogen) atoms. The van der Waals surface area contributed by atoms with Crippen molar-refractivity contribution in [3.05, 3.63) is 0 Å². The van der Waals surface area contributed by atoms with Crippen LogP contribution in [0.15, 0.2) is 0 Å². The van der Waals surface area contributed by atoms with Crippen molar-refractivity contribution in [3.63, 3.8) is 0 Å². The fraction of sp³-hybridized carbons (Fsp3) is 1.00. The number of likely N-dealkylation sites (N-methyl/N-ethyl adjacent to an activating group) is 1. The Morgan fingerprint density at radius 1 is 1.27 bits per heavy atom. The van der Waals surface area contributed by atoms with E-state index in [1.807, 2.05) is 0 Å². The predicted octanol–water partition coefficient (Wildman–Crippen LogP) is 2.25. The van der Waals surface area contributed by atoms with Crippen molar-refractivity contribution in [2.75, 3.05) is 26.2 Å². The highest BCUT2D eigenvalue weighted by atomic mass is 15.2. The van der Waals surface area contributed by atoms with Crippen LogP contribution in [0.1, 0.15) is 45.4 Å². The lowest BCUT2D eigenvalue weighted by Gasteiger charge is -2.22. The maximum atomic E-state index is 3.63. The van der Waals surface area contributed by atoms with Gasteiger partial charge in [-0.15, -0.1) is 0 Å². The van der Waals surface area contributed by atoms with Gasteiger partial charge in [0, 0.05) is 12.6 Å². The van der Waals surface area contributed by atoms with E-state index >= 15 is 0 Å². The molecule has 0 bridgehead atoms. The molecule has 1 aliphatic carbocycles. The van der Waals surface area contributed by atoms with Crippen LogP contribution in [-0.4, -0.2) is 37.1 Å². The monoisotopic (exact) mass is 210 g/mol. The third kappa shape index (κ3) is 3.76. The number of hydrogen-bond donors (Lipinski definition) is 1. The minimum Gasteiger partial charge on any atom is -0.315 e. The number of nitrogens with zero attached hydrogens (tertiary/aromatic N) is 1. The summed E-state index contributed by atoms with van der Waals surface area (Å²) < 4.78 is 0. The zero-order valence-corrected chi connectivity index (χ0v) is 10.2. The Labute approximate surface area is 94.4 Å². The van der Waals surface area contributed by atoms with Crippen LogP contribution in [0.2, 0.25) is 0 Å². The molecule has 1 heterocycles. The van der Waals surface area contributed by atoms with Crippen LogP contribution in [0.3, 0.4) is 0 Å². The number of likely N-dealkylation sites (tertiary alicyclic amines) is 1. The van der Waals surface area contributed by atoms with Crippen LogP contribution < -0.4 is 5.32 Å². The van der Waals surface area contributed by atoms with Crippen molar-refractivity contribution >= 4 is 0 Å². The molecule has 1 aliphatic heterocycles. The van der Waals surface area contributed by atoms with Crippen LogP contribution in [-0.2, 0) is 0 Å². The zero-order chi connectivity index (χ0) is 10.5. The first-order valence-corrected chi connectivity index (χ1v) is 6.85. The van der Waals surface area contributed by atoms with Gasteiger partial charge in [0.2, 0.25) is 0 Å². The first-order valence-electron chi connectivity index (χ1n) is 6.85. The quantitative estimate of drug-likeness (QED) is 0.648. The second-order valence-corrected chi connectivity index (χ2v) is 5.21. The first-order chi connectivity index (χ1) is 7.40. The fourth-order valence-corrected chi connectivity index (χ4v) is 2.73. The molecular weight excluding hydrogens is 184 g/mol. The molecule has 0 radical (unpaired) electrons. The molecule has 0 aromatic carbocycles. The van der Waals surface area contributed by atoms with E-state index in [9.17, 15) is 0 Å². The lowest BCUT2D eigenvalue weighted by molar-refractivity contribution is 0.260. The Balaban J connectivity index is 1.48. The van der Waals surface area contributed by atoms with Gasteiger partial charge in [0.05, 0.1) is 0 Å². The van der Waals surface area contributed by atoms with Crippen LogP contribution in [0.25, 0.3) is 0 Å². The summed E-state index contributed by atoms with van der Waals surface area (Å²) in [5, 5.41) is 3.63. The summed E-state index contributed by atoms with van der Waals surface area (Å²) >= 11 is 0. The van der Waals surface area contributed by atoms with E-state index < -0.39 is 0 Å². The molecule has 2 nitrogen and oxygen atoms in total. The van der Waals surface area contributed by atoms with Gasteiger partial charge in [0.15, 0.2) is 0 Å². The van der Waals surface area contributed by atoms with E-state index in [4.69, 9.17) is 0 Å². The van der Waals surface area contributed by atoms with Crippen molar-refractivity contribution in [2.24, 2.45) is 5.92 Å². The van der Waals surface area contributed by atoms with E-state index in [0.29, 0.717) is 0 Å². The van der Waals surface area contributed by atoms with Gasteiger partial charge in [-0.25, -0.2) is 0 Å². The van der Waals surface area contributed by atoms with E-state index in [0.717, 1.165) is 12.0 Å². The smallest absolute Gasteiger partial charge is 0.0220 e.